The molecule has 1 amide bonds. The highest BCUT2D eigenvalue weighted by Gasteiger charge is 2.34. The van der Waals surface area contributed by atoms with Gasteiger partial charge in [0.1, 0.15) is 6.04 Å². The number of carboxylic acids is 1. The second-order valence-corrected chi connectivity index (χ2v) is 7.68. The molecule has 2 unspecified atom stereocenters. The van der Waals surface area contributed by atoms with E-state index in [1.54, 1.807) is 27.7 Å². The molecular weight excluding hydrogens is 284 g/mol. The van der Waals surface area contributed by atoms with Crippen molar-refractivity contribution in [3.63, 3.8) is 0 Å². The van der Waals surface area contributed by atoms with E-state index >= 15 is 0 Å². The van der Waals surface area contributed by atoms with E-state index in [0.717, 1.165) is 0 Å². The third-order valence-electron chi connectivity index (χ3n) is 2.62. The van der Waals surface area contributed by atoms with Crippen LogP contribution in [0.25, 0.3) is 0 Å². The van der Waals surface area contributed by atoms with Crippen LogP contribution in [0.1, 0.15) is 41.0 Å². The molecule has 0 bridgehead atoms. The average Bonchev–Trinajstić information content (AvgIpc) is 2.22. The SMILES string of the molecule is CCCS(=O)(=O)NC(C)C(=O)NC(C(=O)O)C(C)(C)C. The van der Waals surface area contributed by atoms with Crippen LogP contribution in [0.3, 0.4) is 0 Å². The van der Waals surface area contributed by atoms with E-state index in [4.69, 9.17) is 5.11 Å². The van der Waals surface area contributed by atoms with Crippen LogP contribution in [-0.2, 0) is 19.6 Å². The van der Waals surface area contributed by atoms with Crippen LogP contribution >= 0.6 is 0 Å². The van der Waals surface area contributed by atoms with E-state index < -0.39 is 39.4 Å². The maximum Gasteiger partial charge on any atom is 0.326 e. The maximum absolute atomic E-state index is 11.9. The standard InChI is InChI=1S/C12H24N2O5S/c1-6-7-20(18,19)14-8(2)10(15)13-9(11(16)17)12(3,4)5/h8-9,14H,6-7H2,1-5H3,(H,13,15)(H,16,17). The van der Waals surface area contributed by atoms with E-state index in [0.29, 0.717) is 6.42 Å². The first-order chi connectivity index (χ1) is 8.90. The fourth-order valence-corrected chi connectivity index (χ4v) is 2.87. The number of sulfonamides is 1. The van der Waals surface area contributed by atoms with Gasteiger partial charge in [0.25, 0.3) is 0 Å². The summed E-state index contributed by atoms with van der Waals surface area (Å²) in [7, 11) is -3.53. The molecule has 20 heavy (non-hydrogen) atoms. The Morgan fingerprint density at radius 2 is 1.75 bits per heavy atom. The van der Waals surface area contributed by atoms with Gasteiger partial charge in [0.15, 0.2) is 0 Å². The predicted molar refractivity (Wildman–Crippen MR) is 75.7 cm³/mol. The van der Waals surface area contributed by atoms with Gasteiger partial charge in [-0.1, -0.05) is 27.7 Å². The Balaban J connectivity index is 4.79. The molecule has 3 N–H and O–H groups in total. The summed E-state index contributed by atoms with van der Waals surface area (Å²) in [4.78, 5) is 23.0. The van der Waals surface area contributed by atoms with Gasteiger partial charge < -0.3 is 10.4 Å². The van der Waals surface area contributed by atoms with Crippen LogP contribution in [0.4, 0.5) is 0 Å². The summed E-state index contributed by atoms with van der Waals surface area (Å²) in [6, 6.07) is -2.11. The summed E-state index contributed by atoms with van der Waals surface area (Å²) in [6.07, 6.45) is 0.434. The summed E-state index contributed by atoms with van der Waals surface area (Å²) in [6.45, 7) is 8.13. The van der Waals surface area contributed by atoms with Crippen LogP contribution in [0.15, 0.2) is 0 Å². The van der Waals surface area contributed by atoms with Gasteiger partial charge in [0.2, 0.25) is 15.9 Å². The van der Waals surface area contributed by atoms with Crippen molar-refractivity contribution in [1.82, 2.24) is 10.0 Å². The first kappa shape index (κ1) is 18.9. The van der Waals surface area contributed by atoms with E-state index in [-0.39, 0.29) is 5.75 Å². The van der Waals surface area contributed by atoms with Gasteiger partial charge in [-0.15, -0.1) is 0 Å². The predicted octanol–water partition coefficient (Wildman–Crippen LogP) is 0.320. The zero-order valence-electron chi connectivity index (χ0n) is 12.6. The fourth-order valence-electron chi connectivity index (χ4n) is 1.57. The summed E-state index contributed by atoms with van der Waals surface area (Å²) in [5.41, 5.74) is -0.677. The first-order valence-corrected chi connectivity index (χ1v) is 8.09. The maximum atomic E-state index is 11.9. The van der Waals surface area contributed by atoms with Gasteiger partial charge in [0.05, 0.1) is 11.8 Å². The number of nitrogens with one attached hydrogen (secondary N) is 2. The number of carbonyl (C=O) groups is 2. The van der Waals surface area contributed by atoms with E-state index in [9.17, 15) is 18.0 Å². The lowest BCUT2D eigenvalue weighted by Gasteiger charge is -2.28. The molecule has 118 valence electrons. The van der Waals surface area contributed by atoms with Crippen molar-refractivity contribution < 1.29 is 23.1 Å². The second kappa shape index (κ2) is 7.03. The van der Waals surface area contributed by atoms with Gasteiger partial charge in [-0.2, -0.15) is 0 Å². The first-order valence-electron chi connectivity index (χ1n) is 6.44. The molecule has 0 saturated carbocycles. The van der Waals surface area contributed by atoms with E-state index in [1.807, 2.05) is 0 Å². The molecule has 0 aromatic carbocycles. The number of hydrogen-bond acceptors (Lipinski definition) is 4. The van der Waals surface area contributed by atoms with Crippen LogP contribution in [0.5, 0.6) is 0 Å². The Kier molecular flexibility index (Phi) is 6.63. The van der Waals surface area contributed by atoms with Crippen LogP contribution in [-0.4, -0.2) is 43.2 Å². The Bertz CT molecular complexity index is 453. The van der Waals surface area contributed by atoms with Crippen molar-refractivity contribution in [1.29, 1.82) is 0 Å². The Morgan fingerprint density at radius 1 is 1.25 bits per heavy atom. The monoisotopic (exact) mass is 308 g/mol. The van der Waals surface area contributed by atoms with Gasteiger partial charge >= 0.3 is 5.97 Å². The summed E-state index contributed by atoms with van der Waals surface area (Å²) >= 11 is 0. The molecule has 0 spiro atoms. The molecule has 0 aromatic heterocycles. The fraction of sp³-hybridized carbons (Fsp3) is 0.833. The van der Waals surface area contributed by atoms with Crippen LogP contribution < -0.4 is 10.0 Å². The van der Waals surface area contributed by atoms with Crippen LogP contribution in [0, 0.1) is 5.41 Å². The number of carboxylic acid groups (broad SMARTS) is 1. The largest absolute Gasteiger partial charge is 0.480 e. The van der Waals surface area contributed by atoms with E-state index in [2.05, 4.69) is 10.0 Å². The molecule has 0 rings (SSSR count). The Morgan fingerprint density at radius 3 is 2.10 bits per heavy atom. The van der Waals surface area contributed by atoms with Gasteiger partial charge in [-0.05, 0) is 18.8 Å². The van der Waals surface area contributed by atoms with Crippen molar-refractivity contribution in [3.8, 4) is 0 Å². The molecule has 0 saturated heterocycles. The molecule has 0 aliphatic rings. The molecule has 0 heterocycles. The molecule has 0 radical (unpaired) electrons. The molecule has 2 atom stereocenters. The minimum absolute atomic E-state index is 0.0771. The third kappa shape index (κ3) is 6.33. The Labute approximate surface area is 120 Å². The van der Waals surface area contributed by atoms with E-state index in [1.165, 1.54) is 6.92 Å². The molecular formula is C12H24N2O5S. The third-order valence-corrected chi connectivity index (χ3v) is 4.28. The van der Waals surface area contributed by atoms with Gasteiger partial charge in [0, 0.05) is 0 Å². The highest BCUT2D eigenvalue weighted by atomic mass is 32.2. The van der Waals surface area contributed by atoms with Crippen molar-refractivity contribution >= 4 is 21.9 Å². The lowest BCUT2D eigenvalue weighted by molar-refractivity contribution is -0.145. The molecule has 8 heteroatoms. The Hall–Kier alpha value is -1.15. The van der Waals surface area contributed by atoms with Crippen molar-refractivity contribution in [3.05, 3.63) is 0 Å². The topological polar surface area (TPSA) is 113 Å². The average molecular weight is 308 g/mol. The minimum atomic E-state index is -3.53. The van der Waals surface area contributed by atoms with Crippen LogP contribution in [0.2, 0.25) is 0 Å². The van der Waals surface area contributed by atoms with Crippen molar-refractivity contribution in [2.75, 3.05) is 5.75 Å². The van der Waals surface area contributed by atoms with Gasteiger partial charge in [-0.3, -0.25) is 4.79 Å². The summed E-state index contributed by atoms with van der Waals surface area (Å²) in [5, 5.41) is 11.5. The number of aliphatic carboxylic acids is 1. The zero-order valence-corrected chi connectivity index (χ0v) is 13.4. The lowest BCUT2D eigenvalue weighted by Crippen LogP contribution is -2.54. The highest BCUT2D eigenvalue weighted by Crippen LogP contribution is 2.19. The molecule has 0 aliphatic heterocycles. The molecule has 0 fully saturated rings. The number of amides is 1. The van der Waals surface area contributed by atoms with Crippen molar-refractivity contribution in [2.45, 2.75) is 53.1 Å². The van der Waals surface area contributed by atoms with Crippen molar-refractivity contribution in [2.24, 2.45) is 5.41 Å². The normalized spacial score (nSPS) is 15.4. The quantitative estimate of drug-likeness (QED) is 0.627. The molecule has 0 aromatic rings. The molecule has 7 nitrogen and oxygen atoms in total. The second-order valence-electron chi connectivity index (χ2n) is 5.80. The highest BCUT2D eigenvalue weighted by molar-refractivity contribution is 7.89. The summed E-state index contributed by atoms with van der Waals surface area (Å²) < 4.78 is 25.3. The number of hydrogen-bond donors (Lipinski definition) is 3. The van der Waals surface area contributed by atoms with Gasteiger partial charge in [-0.25, -0.2) is 17.9 Å². The zero-order chi connectivity index (χ0) is 16.1. The summed E-state index contributed by atoms with van der Waals surface area (Å²) in [5.74, 6) is -1.90. The molecule has 0 aliphatic carbocycles. The lowest BCUT2D eigenvalue weighted by atomic mass is 9.86. The minimum Gasteiger partial charge on any atom is -0.480 e. The number of rotatable bonds is 7. The number of carbonyl (C=O) groups excluding carboxylic acids is 1. The smallest absolute Gasteiger partial charge is 0.326 e.